The zero-order chi connectivity index (χ0) is 25.8. The molecule has 36 heavy (non-hydrogen) atoms. The number of nitriles is 1. The number of carbonyl (C=O) groups is 2. The SMILES string of the molecule is CCOc1ccccc1C(C)CC(=O)Nc1sc2c(c1C#N)CCN(C(=O)Cn1cc(C)nc1C)C2. The highest BCUT2D eigenvalue weighted by Crippen LogP contribution is 2.37. The predicted octanol–water partition coefficient (Wildman–Crippen LogP) is 4.55. The van der Waals surface area contributed by atoms with Crippen LogP contribution in [0.2, 0.25) is 0 Å². The number of aryl methyl sites for hydroxylation is 2. The van der Waals surface area contributed by atoms with Crippen molar-refractivity contribution >= 4 is 28.2 Å². The van der Waals surface area contributed by atoms with Crippen molar-refractivity contribution in [2.75, 3.05) is 18.5 Å². The molecule has 0 bridgehead atoms. The minimum atomic E-state index is -0.150. The maximum absolute atomic E-state index is 12.9. The standard InChI is InChI=1S/C27H31N5O3S/c1-5-35-23-9-7-6-8-20(23)17(2)12-25(33)30-27-22(13-28)21-10-11-31(15-24(21)36-27)26(34)16-32-14-18(3)29-19(32)4/h6-9,14,17H,5,10-12,15-16H2,1-4H3,(H,30,33). The summed E-state index contributed by atoms with van der Waals surface area (Å²) in [6, 6.07) is 10.0. The van der Waals surface area contributed by atoms with Crippen LogP contribution in [0.15, 0.2) is 30.5 Å². The van der Waals surface area contributed by atoms with Gasteiger partial charge < -0.3 is 19.5 Å². The van der Waals surface area contributed by atoms with E-state index in [1.165, 1.54) is 11.3 Å². The van der Waals surface area contributed by atoms with Crippen LogP contribution in [0.4, 0.5) is 5.00 Å². The third-order valence-corrected chi connectivity index (χ3v) is 7.55. The average molecular weight is 506 g/mol. The molecule has 188 valence electrons. The fraction of sp³-hybridized carbons (Fsp3) is 0.407. The summed E-state index contributed by atoms with van der Waals surface area (Å²) in [5.41, 5.74) is 3.32. The van der Waals surface area contributed by atoms with E-state index in [2.05, 4.69) is 16.4 Å². The summed E-state index contributed by atoms with van der Waals surface area (Å²) in [7, 11) is 0. The summed E-state index contributed by atoms with van der Waals surface area (Å²) in [6.07, 6.45) is 2.74. The van der Waals surface area contributed by atoms with Crippen molar-refractivity contribution < 1.29 is 14.3 Å². The van der Waals surface area contributed by atoms with Crippen LogP contribution in [-0.2, 0) is 29.1 Å². The summed E-state index contributed by atoms with van der Waals surface area (Å²) in [5.74, 6) is 1.42. The maximum atomic E-state index is 12.9. The van der Waals surface area contributed by atoms with E-state index in [-0.39, 0.29) is 30.7 Å². The molecule has 2 aromatic heterocycles. The van der Waals surface area contributed by atoms with E-state index in [9.17, 15) is 14.9 Å². The van der Waals surface area contributed by atoms with Crippen LogP contribution in [0.5, 0.6) is 5.75 Å². The first kappa shape index (κ1) is 25.5. The Balaban J connectivity index is 1.44. The molecule has 0 saturated heterocycles. The van der Waals surface area contributed by atoms with Gasteiger partial charge in [0, 0.05) is 24.0 Å². The third kappa shape index (κ3) is 5.44. The number of amides is 2. The quantitative estimate of drug-likeness (QED) is 0.484. The number of aromatic nitrogens is 2. The second kappa shape index (κ2) is 11.0. The number of hydrogen-bond donors (Lipinski definition) is 1. The highest BCUT2D eigenvalue weighted by Gasteiger charge is 2.28. The normalized spacial score (nSPS) is 13.6. The van der Waals surface area contributed by atoms with Crippen LogP contribution < -0.4 is 10.1 Å². The fourth-order valence-electron chi connectivity index (χ4n) is 4.64. The predicted molar refractivity (Wildman–Crippen MR) is 139 cm³/mol. The molecule has 0 spiro atoms. The Bertz CT molecular complexity index is 1320. The largest absolute Gasteiger partial charge is 0.494 e. The first-order valence-electron chi connectivity index (χ1n) is 12.1. The topological polar surface area (TPSA) is 100 Å². The molecule has 9 heteroatoms. The molecule has 1 aliphatic heterocycles. The lowest BCUT2D eigenvalue weighted by atomic mass is 9.96. The molecule has 1 aromatic carbocycles. The second-order valence-electron chi connectivity index (χ2n) is 9.07. The summed E-state index contributed by atoms with van der Waals surface area (Å²) >= 11 is 1.39. The monoisotopic (exact) mass is 505 g/mol. The summed E-state index contributed by atoms with van der Waals surface area (Å²) in [5, 5.41) is 13.4. The van der Waals surface area contributed by atoms with Crippen LogP contribution in [0, 0.1) is 25.2 Å². The van der Waals surface area contributed by atoms with Gasteiger partial charge in [0.2, 0.25) is 11.8 Å². The molecular formula is C27H31N5O3S. The Morgan fingerprint density at radius 2 is 2.08 bits per heavy atom. The van der Waals surface area contributed by atoms with Gasteiger partial charge in [0.1, 0.15) is 29.2 Å². The van der Waals surface area contributed by atoms with Crippen molar-refractivity contribution in [2.24, 2.45) is 0 Å². The Hall–Kier alpha value is -3.64. The molecular weight excluding hydrogens is 474 g/mol. The van der Waals surface area contributed by atoms with Gasteiger partial charge in [-0.15, -0.1) is 11.3 Å². The van der Waals surface area contributed by atoms with Crippen molar-refractivity contribution in [3.8, 4) is 11.8 Å². The molecule has 4 rings (SSSR count). The van der Waals surface area contributed by atoms with Crippen LogP contribution in [0.3, 0.4) is 0 Å². The van der Waals surface area contributed by atoms with Gasteiger partial charge in [0.15, 0.2) is 0 Å². The number of para-hydroxylation sites is 1. The number of nitrogens with one attached hydrogen (secondary N) is 1. The summed E-state index contributed by atoms with van der Waals surface area (Å²) in [4.78, 5) is 33.0. The van der Waals surface area contributed by atoms with E-state index in [0.29, 0.717) is 36.7 Å². The molecule has 2 amide bonds. The molecule has 3 aromatic rings. The lowest BCUT2D eigenvalue weighted by molar-refractivity contribution is -0.132. The number of imidazole rings is 1. The number of carbonyl (C=O) groups excluding carboxylic acids is 2. The Morgan fingerprint density at radius 3 is 2.78 bits per heavy atom. The number of fused-ring (bicyclic) bond motifs is 1. The van der Waals surface area contributed by atoms with Gasteiger partial charge in [-0.1, -0.05) is 25.1 Å². The van der Waals surface area contributed by atoms with E-state index in [4.69, 9.17) is 4.74 Å². The fourth-order valence-corrected chi connectivity index (χ4v) is 5.87. The van der Waals surface area contributed by atoms with Crippen molar-refractivity contribution in [2.45, 2.75) is 59.5 Å². The van der Waals surface area contributed by atoms with E-state index in [0.717, 1.165) is 33.3 Å². The minimum absolute atomic E-state index is 0.0143. The van der Waals surface area contributed by atoms with E-state index >= 15 is 0 Å². The highest BCUT2D eigenvalue weighted by molar-refractivity contribution is 7.16. The number of thiophene rings is 1. The van der Waals surface area contributed by atoms with Gasteiger partial charge in [-0.2, -0.15) is 5.26 Å². The number of ether oxygens (including phenoxy) is 1. The molecule has 1 unspecified atom stereocenters. The number of benzene rings is 1. The van der Waals surface area contributed by atoms with Gasteiger partial charge in [-0.05, 0) is 50.3 Å². The maximum Gasteiger partial charge on any atom is 0.242 e. The van der Waals surface area contributed by atoms with Gasteiger partial charge in [0.25, 0.3) is 0 Å². The molecule has 1 aliphatic rings. The highest BCUT2D eigenvalue weighted by atomic mass is 32.1. The van der Waals surface area contributed by atoms with Gasteiger partial charge >= 0.3 is 0 Å². The molecule has 0 radical (unpaired) electrons. The smallest absolute Gasteiger partial charge is 0.242 e. The molecule has 3 heterocycles. The zero-order valence-electron chi connectivity index (χ0n) is 21.1. The lowest BCUT2D eigenvalue weighted by Gasteiger charge is -2.27. The third-order valence-electron chi connectivity index (χ3n) is 6.42. The Morgan fingerprint density at radius 1 is 1.31 bits per heavy atom. The molecule has 0 saturated carbocycles. The Kier molecular flexibility index (Phi) is 7.75. The van der Waals surface area contributed by atoms with E-state index < -0.39 is 0 Å². The molecule has 8 nitrogen and oxygen atoms in total. The number of hydrogen-bond acceptors (Lipinski definition) is 6. The van der Waals surface area contributed by atoms with Gasteiger partial charge in [-0.25, -0.2) is 4.98 Å². The van der Waals surface area contributed by atoms with Crippen molar-refractivity contribution in [3.63, 3.8) is 0 Å². The van der Waals surface area contributed by atoms with Crippen LogP contribution in [0.25, 0.3) is 0 Å². The lowest BCUT2D eigenvalue weighted by Crippen LogP contribution is -2.37. The molecule has 0 fully saturated rings. The Labute approximate surface area is 215 Å². The van der Waals surface area contributed by atoms with E-state index in [1.807, 2.05) is 67.6 Å². The second-order valence-corrected chi connectivity index (χ2v) is 10.2. The number of rotatable bonds is 8. The van der Waals surface area contributed by atoms with Crippen molar-refractivity contribution in [3.05, 3.63) is 63.5 Å². The van der Waals surface area contributed by atoms with Crippen LogP contribution >= 0.6 is 11.3 Å². The number of nitrogens with zero attached hydrogens (tertiary/aromatic N) is 4. The van der Waals surface area contributed by atoms with Crippen LogP contribution in [0.1, 0.15) is 59.3 Å². The first-order chi connectivity index (χ1) is 17.3. The van der Waals surface area contributed by atoms with Crippen molar-refractivity contribution in [1.29, 1.82) is 5.26 Å². The zero-order valence-corrected chi connectivity index (χ0v) is 21.9. The summed E-state index contributed by atoms with van der Waals surface area (Å²) in [6.45, 7) is 9.51. The van der Waals surface area contributed by atoms with Gasteiger partial charge in [0.05, 0.1) is 24.4 Å². The molecule has 0 aliphatic carbocycles. The minimum Gasteiger partial charge on any atom is -0.494 e. The summed E-state index contributed by atoms with van der Waals surface area (Å²) < 4.78 is 7.57. The van der Waals surface area contributed by atoms with Crippen LogP contribution in [-0.4, -0.2) is 39.4 Å². The van der Waals surface area contributed by atoms with E-state index in [1.54, 1.807) is 0 Å². The average Bonchev–Trinajstić information content (AvgIpc) is 3.35. The molecule has 1 N–H and O–H groups in total. The molecule has 1 atom stereocenters. The number of anilines is 1. The van der Waals surface area contributed by atoms with Crippen molar-refractivity contribution in [1.82, 2.24) is 14.5 Å². The van der Waals surface area contributed by atoms with Gasteiger partial charge in [-0.3, -0.25) is 9.59 Å². The first-order valence-corrected chi connectivity index (χ1v) is 13.0.